The Morgan fingerprint density at radius 2 is 2.00 bits per heavy atom. The zero-order valence-electron chi connectivity index (χ0n) is 14.4. The highest BCUT2D eigenvalue weighted by molar-refractivity contribution is 6.30. The number of carbonyl (C=O) groups excluding carboxylic acids is 1. The molecule has 6 heteroatoms. The average Bonchev–Trinajstić information content (AvgIpc) is 2.56. The van der Waals surface area contributed by atoms with Crippen LogP contribution in [-0.4, -0.2) is 37.2 Å². The van der Waals surface area contributed by atoms with Crippen LogP contribution in [0.1, 0.15) is 29.5 Å². The molecule has 0 saturated carbocycles. The molecule has 1 heterocycles. The van der Waals surface area contributed by atoms with Crippen molar-refractivity contribution in [3.8, 4) is 6.07 Å². The highest BCUT2D eigenvalue weighted by atomic mass is 35.5. The van der Waals surface area contributed by atoms with Gasteiger partial charge in [0.2, 0.25) is 5.91 Å². The first kappa shape index (κ1) is 18.7. The molecule has 1 aliphatic heterocycles. The maximum atomic E-state index is 12.4. The van der Waals surface area contributed by atoms with Crippen LogP contribution in [0.5, 0.6) is 0 Å². The summed E-state index contributed by atoms with van der Waals surface area (Å²) in [5, 5.41) is 14.9. The van der Waals surface area contributed by atoms with E-state index in [2.05, 4.69) is 11.4 Å². The lowest BCUT2D eigenvalue weighted by atomic mass is 9.90. The van der Waals surface area contributed by atoms with Crippen LogP contribution in [0, 0.1) is 31.1 Å². The standard InChI is InChI=1S/C18H24ClN3O2/c1-12-8-15(19)9-13(2)16(12)10-18(23)21-17(11-20)14-4-6-22(24-3)7-5-14/h8-9,14,17H,4-7,10H2,1-3H3,(H,21,23). The molecule has 0 aliphatic carbocycles. The van der Waals surface area contributed by atoms with Crippen molar-refractivity contribution in [1.82, 2.24) is 10.4 Å². The maximum Gasteiger partial charge on any atom is 0.225 e. The molecule has 2 rings (SSSR count). The number of benzene rings is 1. The van der Waals surface area contributed by atoms with E-state index in [1.807, 2.05) is 31.0 Å². The second-order valence-corrected chi connectivity index (χ2v) is 6.75. The van der Waals surface area contributed by atoms with E-state index in [4.69, 9.17) is 16.4 Å². The van der Waals surface area contributed by atoms with Crippen molar-refractivity contribution in [3.05, 3.63) is 33.8 Å². The van der Waals surface area contributed by atoms with Crippen LogP contribution in [0.2, 0.25) is 5.02 Å². The van der Waals surface area contributed by atoms with Gasteiger partial charge in [0.25, 0.3) is 0 Å². The Bertz CT molecular complexity index is 611. The normalized spacial score (nSPS) is 17.3. The fourth-order valence-corrected chi connectivity index (χ4v) is 3.58. The number of hydrogen-bond donors (Lipinski definition) is 1. The van der Waals surface area contributed by atoms with E-state index >= 15 is 0 Å². The third-order valence-corrected chi connectivity index (χ3v) is 4.90. The molecule has 1 aromatic carbocycles. The SMILES string of the molecule is CON1CCC(C(C#N)NC(=O)Cc2c(C)cc(Cl)cc2C)CC1. The maximum absolute atomic E-state index is 12.4. The third-order valence-electron chi connectivity index (χ3n) is 4.68. The monoisotopic (exact) mass is 349 g/mol. The molecular formula is C18H24ClN3O2. The lowest BCUT2D eigenvalue weighted by Crippen LogP contribution is -2.45. The zero-order valence-corrected chi connectivity index (χ0v) is 15.2. The van der Waals surface area contributed by atoms with Gasteiger partial charge in [-0.05, 0) is 61.4 Å². The summed E-state index contributed by atoms with van der Waals surface area (Å²) in [7, 11) is 1.65. The van der Waals surface area contributed by atoms with Gasteiger partial charge in [-0.15, -0.1) is 0 Å². The van der Waals surface area contributed by atoms with E-state index in [9.17, 15) is 10.1 Å². The van der Waals surface area contributed by atoms with Crippen LogP contribution in [0.4, 0.5) is 0 Å². The minimum Gasteiger partial charge on any atom is -0.340 e. The molecule has 0 spiro atoms. The van der Waals surface area contributed by atoms with Gasteiger partial charge < -0.3 is 10.2 Å². The number of hydrogen-bond acceptors (Lipinski definition) is 4. The minimum absolute atomic E-state index is 0.121. The van der Waals surface area contributed by atoms with Crippen molar-refractivity contribution in [2.24, 2.45) is 5.92 Å². The molecule has 24 heavy (non-hydrogen) atoms. The zero-order chi connectivity index (χ0) is 17.7. The summed E-state index contributed by atoms with van der Waals surface area (Å²) in [5.41, 5.74) is 2.97. The predicted molar refractivity (Wildman–Crippen MR) is 93.5 cm³/mol. The molecule has 1 fully saturated rings. The molecule has 0 bridgehead atoms. The Hall–Kier alpha value is -1.61. The highest BCUT2D eigenvalue weighted by Crippen LogP contribution is 2.22. The molecule has 1 N–H and O–H groups in total. The van der Waals surface area contributed by atoms with Crippen molar-refractivity contribution >= 4 is 17.5 Å². The molecular weight excluding hydrogens is 326 g/mol. The molecule has 5 nitrogen and oxygen atoms in total. The first-order chi connectivity index (χ1) is 11.4. The highest BCUT2D eigenvalue weighted by Gasteiger charge is 2.28. The average molecular weight is 350 g/mol. The Balaban J connectivity index is 1.97. The second-order valence-electron chi connectivity index (χ2n) is 6.32. The molecule has 1 saturated heterocycles. The topological polar surface area (TPSA) is 65.4 Å². The van der Waals surface area contributed by atoms with Crippen molar-refractivity contribution in [3.63, 3.8) is 0 Å². The third kappa shape index (κ3) is 4.70. The number of piperidine rings is 1. The van der Waals surface area contributed by atoms with Crippen molar-refractivity contribution in [2.45, 2.75) is 39.2 Å². The van der Waals surface area contributed by atoms with Crippen LogP contribution < -0.4 is 5.32 Å². The Kier molecular flexibility index (Phi) is 6.61. The van der Waals surface area contributed by atoms with Crippen LogP contribution in [-0.2, 0) is 16.1 Å². The van der Waals surface area contributed by atoms with Gasteiger partial charge in [0.05, 0.1) is 19.6 Å². The van der Waals surface area contributed by atoms with Gasteiger partial charge in [-0.25, -0.2) is 0 Å². The first-order valence-electron chi connectivity index (χ1n) is 8.18. The van der Waals surface area contributed by atoms with Crippen molar-refractivity contribution < 1.29 is 9.63 Å². The molecule has 0 radical (unpaired) electrons. The van der Waals surface area contributed by atoms with E-state index in [-0.39, 0.29) is 18.2 Å². The Morgan fingerprint density at radius 1 is 1.42 bits per heavy atom. The number of hydroxylamine groups is 2. The van der Waals surface area contributed by atoms with Crippen LogP contribution >= 0.6 is 11.6 Å². The van der Waals surface area contributed by atoms with Crippen LogP contribution in [0.25, 0.3) is 0 Å². The number of amides is 1. The van der Waals surface area contributed by atoms with Gasteiger partial charge in [-0.1, -0.05) is 11.6 Å². The van der Waals surface area contributed by atoms with Gasteiger partial charge in [0.15, 0.2) is 0 Å². The lowest BCUT2D eigenvalue weighted by Gasteiger charge is -2.32. The summed E-state index contributed by atoms with van der Waals surface area (Å²) in [6, 6.07) is 5.51. The smallest absolute Gasteiger partial charge is 0.225 e. The van der Waals surface area contributed by atoms with Gasteiger partial charge in [-0.2, -0.15) is 10.3 Å². The number of aryl methyl sites for hydroxylation is 2. The molecule has 1 aliphatic rings. The van der Waals surface area contributed by atoms with Crippen LogP contribution in [0.15, 0.2) is 12.1 Å². The van der Waals surface area contributed by atoms with E-state index in [0.29, 0.717) is 5.02 Å². The summed E-state index contributed by atoms with van der Waals surface area (Å²) in [5.74, 6) is 0.0435. The first-order valence-corrected chi connectivity index (χ1v) is 8.56. The summed E-state index contributed by atoms with van der Waals surface area (Å²) in [6.45, 7) is 5.46. The molecule has 1 amide bonds. The van der Waals surface area contributed by atoms with Crippen molar-refractivity contribution in [2.75, 3.05) is 20.2 Å². The van der Waals surface area contributed by atoms with E-state index in [1.54, 1.807) is 7.11 Å². The number of nitrogens with zero attached hydrogens (tertiary/aromatic N) is 2. The largest absolute Gasteiger partial charge is 0.340 e. The van der Waals surface area contributed by atoms with Gasteiger partial charge in [0.1, 0.15) is 6.04 Å². The Labute approximate surface area is 148 Å². The van der Waals surface area contributed by atoms with Gasteiger partial charge >= 0.3 is 0 Å². The van der Waals surface area contributed by atoms with Gasteiger partial charge in [-0.3, -0.25) is 4.79 Å². The van der Waals surface area contributed by atoms with Crippen LogP contribution in [0.3, 0.4) is 0 Å². The fraction of sp³-hybridized carbons (Fsp3) is 0.556. The molecule has 0 aromatic heterocycles. The molecule has 130 valence electrons. The summed E-state index contributed by atoms with van der Waals surface area (Å²) >= 11 is 6.03. The van der Waals surface area contributed by atoms with E-state index in [0.717, 1.165) is 42.6 Å². The quantitative estimate of drug-likeness (QED) is 0.887. The van der Waals surface area contributed by atoms with E-state index in [1.165, 1.54) is 0 Å². The molecule has 1 unspecified atom stereocenters. The number of carbonyl (C=O) groups is 1. The van der Waals surface area contributed by atoms with Crippen molar-refractivity contribution in [1.29, 1.82) is 5.26 Å². The predicted octanol–water partition coefficient (Wildman–Crippen LogP) is 2.78. The minimum atomic E-state index is -0.454. The number of nitrogens with one attached hydrogen (secondary N) is 1. The number of halogens is 1. The summed E-state index contributed by atoms with van der Waals surface area (Å²) < 4.78 is 0. The fourth-order valence-electron chi connectivity index (χ4n) is 3.25. The second kappa shape index (κ2) is 8.48. The molecule has 1 aromatic rings. The number of rotatable bonds is 5. The summed E-state index contributed by atoms with van der Waals surface area (Å²) in [4.78, 5) is 17.6. The van der Waals surface area contributed by atoms with Gasteiger partial charge in [0, 0.05) is 18.1 Å². The number of nitriles is 1. The summed E-state index contributed by atoms with van der Waals surface area (Å²) in [6.07, 6.45) is 1.95. The Morgan fingerprint density at radius 3 is 2.50 bits per heavy atom. The van der Waals surface area contributed by atoms with E-state index < -0.39 is 6.04 Å². The molecule has 1 atom stereocenters. The lowest BCUT2D eigenvalue weighted by molar-refractivity contribution is -0.149.